The van der Waals surface area contributed by atoms with Crippen molar-refractivity contribution in [3.8, 4) is 11.5 Å². The van der Waals surface area contributed by atoms with Crippen molar-refractivity contribution in [1.29, 1.82) is 0 Å². The second-order valence-corrected chi connectivity index (χ2v) is 12.6. The smallest absolute Gasteiger partial charge is 0.323 e. The van der Waals surface area contributed by atoms with Gasteiger partial charge in [-0.3, -0.25) is 14.5 Å². The first kappa shape index (κ1) is 35.7. The number of likely N-dealkylation sites (N-methyl/N-ethyl adjacent to an activating group) is 1. The summed E-state index contributed by atoms with van der Waals surface area (Å²) >= 11 is 0. The number of para-hydroxylation sites is 2. The number of aliphatic hydroxyl groups excluding tert-OH is 1. The molecule has 0 saturated heterocycles. The lowest BCUT2D eigenvalue weighted by atomic mass is 9.99. The Hall–Kier alpha value is -5.59. The van der Waals surface area contributed by atoms with Gasteiger partial charge in [-0.05, 0) is 86.3 Å². The van der Waals surface area contributed by atoms with Gasteiger partial charge in [0.25, 0.3) is 11.8 Å². The number of hydrogen-bond acceptors (Lipinski definition) is 8. The third-order valence-electron chi connectivity index (χ3n) is 8.64. The fourth-order valence-corrected chi connectivity index (χ4v) is 5.74. The Morgan fingerprint density at radius 2 is 1.68 bits per heavy atom. The van der Waals surface area contributed by atoms with E-state index in [-0.39, 0.29) is 30.4 Å². The van der Waals surface area contributed by atoms with Gasteiger partial charge in [0.2, 0.25) is 0 Å². The summed E-state index contributed by atoms with van der Waals surface area (Å²) in [7, 11) is 3.56. The molecule has 4 amide bonds. The Balaban J connectivity index is 1.27. The minimum atomic E-state index is -0.474. The van der Waals surface area contributed by atoms with E-state index < -0.39 is 12.1 Å². The molecule has 0 spiro atoms. The molecule has 0 unspecified atom stereocenters. The fourth-order valence-electron chi connectivity index (χ4n) is 5.74. The molecule has 0 bridgehead atoms. The van der Waals surface area contributed by atoms with E-state index >= 15 is 0 Å². The maximum absolute atomic E-state index is 13.8. The number of carbonyl (C=O) groups is 3. The van der Waals surface area contributed by atoms with Gasteiger partial charge in [-0.25, -0.2) is 4.79 Å². The van der Waals surface area contributed by atoms with E-state index in [1.54, 1.807) is 85.7 Å². The first-order valence-corrected chi connectivity index (χ1v) is 16.4. The molecule has 0 fully saturated rings. The third kappa shape index (κ3) is 8.90. The first-order chi connectivity index (χ1) is 24.0. The number of nitrogens with two attached hydrogens (primary N) is 1. The van der Waals surface area contributed by atoms with E-state index in [0.29, 0.717) is 65.0 Å². The van der Waals surface area contributed by atoms with Gasteiger partial charge in [-0.15, -0.1) is 0 Å². The van der Waals surface area contributed by atoms with Gasteiger partial charge in [0.15, 0.2) is 0 Å². The van der Waals surface area contributed by atoms with Crippen LogP contribution < -0.4 is 31.2 Å². The zero-order valence-electron chi connectivity index (χ0n) is 28.7. The summed E-state index contributed by atoms with van der Waals surface area (Å²) in [6, 6.07) is 25.5. The Morgan fingerprint density at radius 3 is 2.36 bits per heavy atom. The lowest BCUT2D eigenvalue weighted by molar-refractivity contribution is 0.0341. The summed E-state index contributed by atoms with van der Waals surface area (Å²) in [4.78, 5) is 43.2. The molecule has 12 nitrogen and oxygen atoms in total. The molecule has 0 radical (unpaired) electrons. The van der Waals surface area contributed by atoms with Crippen molar-refractivity contribution in [3.05, 3.63) is 108 Å². The summed E-state index contributed by atoms with van der Waals surface area (Å²) < 4.78 is 11.7. The predicted molar refractivity (Wildman–Crippen MR) is 195 cm³/mol. The minimum Gasteiger partial charge on any atom is -0.497 e. The van der Waals surface area contributed by atoms with E-state index in [1.807, 2.05) is 38.2 Å². The monoisotopic (exact) mass is 680 g/mol. The van der Waals surface area contributed by atoms with Crippen molar-refractivity contribution in [2.75, 3.05) is 55.5 Å². The summed E-state index contributed by atoms with van der Waals surface area (Å²) in [5, 5.41) is 18.4. The number of ether oxygens (including phenoxy) is 2. The molecule has 3 atom stereocenters. The molecule has 12 heteroatoms. The second kappa shape index (κ2) is 16.2. The number of nitrogen functional groups attached to an aromatic ring is 1. The van der Waals surface area contributed by atoms with Gasteiger partial charge in [0.1, 0.15) is 17.6 Å². The number of benzene rings is 4. The summed E-state index contributed by atoms with van der Waals surface area (Å²) in [6.45, 7) is 5.12. The average molecular weight is 681 g/mol. The number of aliphatic hydroxyl groups is 1. The predicted octanol–water partition coefficient (Wildman–Crippen LogP) is 5.53. The van der Waals surface area contributed by atoms with Crippen LogP contribution in [-0.4, -0.2) is 78.8 Å². The average Bonchev–Trinajstić information content (AvgIpc) is 3.11. The van der Waals surface area contributed by atoms with E-state index in [1.165, 1.54) is 0 Å². The van der Waals surface area contributed by atoms with Crippen LogP contribution in [0.5, 0.6) is 11.5 Å². The Labute approximate surface area is 292 Å². The van der Waals surface area contributed by atoms with Gasteiger partial charge >= 0.3 is 6.03 Å². The van der Waals surface area contributed by atoms with Crippen LogP contribution in [0.25, 0.3) is 0 Å². The molecule has 0 aromatic heterocycles. The quantitative estimate of drug-likeness (QED) is 0.130. The van der Waals surface area contributed by atoms with Crippen LogP contribution in [0.1, 0.15) is 40.1 Å². The van der Waals surface area contributed by atoms with E-state index in [9.17, 15) is 19.5 Å². The van der Waals surface area contributed by atoms with Crippen molar-refractivity contribution in [2.24, 2.45) is 5.92 Å². The van der Waals surface area contributed by atoms with Crippen molar-refractivity contribution in [3.63, 3.8) is 0 Å². The topological polar surface area (TPSA) is 158 Å². The lowest BCUT2D eigenvalue weighted by Crippen LogP contribution is -2.49. The number of fused-ring (bicyclic) bond motifs is 1. The molecule has 50 heavy (non-hydrogen) atoms. The molecule has 1 aliphatic heterocycles. The second-order valence-electron chi connectivity index (χ2n) is 12.6. The van der Waals surface area contributed by atoms with Crippen LogP contribution in [-0.2, 0) is 6.54 Å². The molecule has 6 N–H and O–H groups in total. The highest BCUT2D eigenvalue weighted by atomic mass is 16.5. The minimum absolute atomic E-state index is 0.0758. The highest BCUT2D eigenvalue weighted by Crippen LogP contribution is 2.31. The van der Waals surface area contributed by atoms with Crippen LogP contribution in [0.4, 0.5) is 27.5 Å². The van der Waals surface area contributed by atoms with Crippen LogP contribution >= 0.6 is 0 Å². The van der Waals surface area contributed by atoms with Crippen molar-refractivity contribution >= 4 is 40.6 Å². The molecule has 1 aliphatic rings. The maximum atomic E-state index is 13.8. The summed E-state index contributed by atoms with van der Waals surface area (Å²) in [5.41, 5.74) is 9.83. The zero-order chi connectivity index (χ0) is 35.8. The van der Waals surface area contributed by atoms with Crippen LogP contribution in [0.3, 0.4) is 0 Å². The van der Waals surface area contributed by atoms with Crippen molar-refractivity contribution in [2.45, 2.75) is 32.5 Å². The molecule has 0 saturated carbocycles. The van der Waals surface area contributed by atoms with Crippen molar-refractivity contribution < 1.29 is 29.0 Å². The van der Waals surface area contributed by atoms with Gasteiger partial charge in [-0.1, -0.05) is 31.2 Å². The van der Waals surface area contributed by atoms with Crippen LogP contribution in [0.15, 0.2) is 91.0 Å². The van der Waals surface area contributed by atoms with E-state index in [0.717, 1.165) is 5.56 Å². The standard InChI is InChI=1S/C38H44N6O6/c1-24-20-44(25(2)23-45)37(47)31-19-29(41-38(48)40-28-13-16-30(49-4)17-14-28)15-18-34(31)50-35(24)22-43(3)21-26-9-11-27(12-10-26)36(46)42-33-8-6-5-7-32(33)39/h5-19,24-25,35,45H,20-23,39H2,1-4H3,(H,42,46)(H2,40,41,48)/t24-,25-,35-/m0/s1. The number of nitrogens with zero attached hydrogens (tertiary/aromatic N) is 2. The van der Waals surface area contributed by atoms with E-state index in [4.69, 9.17) is 15.2 Å². The Bertz CT molecular complexity index is 1800. The molecule has 4 aromatic rings. The lowest BCUT2D eigenvalue weighted by Gasteiger charge is -2.38. The zero-order valence-corrected chi connectivity index (χ0v) is 28.7. The van der Waals surface area contributed by atoms with Crippen LogP contribution in [0, 0.1) is 5.92 Å². The molecule has 4 aromatic carbocycles. The third-order valence-corrected chi connectivity index (χ3v) is 8.64. The number of anilines is 4. The highest BCUT2D eigenvalue weighted by molar-refractivity contribution is 6.06. The SMILES string of the molecule is COc1ccc(NC(=O)Nc2ccc3c(c2)C(=O)N([C@@H](C)CO)C[C@H](C)[C@H](CN(C)Cc2ccc(C(=O)Nc4ccccc4N)cc2)O3)cc1. The van der Waals surface area contributed by atoms with E-state index in [2.05, 4.69) is 20.9 Å². The number of methoxy groups -OCH3 is 1. The van der Waals surface area contributed by atoms with Crippen molar-refractivity contribution in [1.82, 2.24) is 9.80 Å². The Kier molecular flexibility index (Phi) is 11.6. The number of nitrogens with one attached hydrogen (secondary N) is 3. The normalized spacial score (nSPS) is 16.4. The molecule has 0 aliphatic carbocycles. The molecular formula is C38H44N6O6. The van der Waals surface area contributed by atoms with Gasteiger partial charge in [0.05, 0.1) is 36.7 Å². The highest BCUT2D eigenvalue weighted by Gasteiger charge is 2.33. The van der Waals surface area contributed by atoms with Gasteiger partial charge < -0.3 is 41.2 Å². The fraction of sp³-hybridized carbons (Fsp3) is 0.289. The summed E-state index contributed by atoms with van der Waals surface area (Å²) in [6.07, 6.45) is -0.307. The molecule has 5 rings (SSSR count). The number of hydrogen-bond donors (Lipinski definition) is 5. The molecular weight excluding hydrogens is 636 g/mol. The van der Waals surface area contributed by atoms with Gasteiger partial charge in [-0.2, -0.15) is 0 Å². The number of urea groups is 1. The molecule has 262 valence electrons. The number of carbonyl (C=O) groups excluding carboxylic acids is 3. The first-order valence-electron chi connectivity index (χ1n) is 16.4. The maximum Gasteiger partial charge on any atom is 0.323 e. The van der Waals surface area contributed by atoms with Gasteiger partial charge in [0, 0.05) is 42.5 Å². The number of amides is 4. The number of rotatable bonds is 11. The Morgan fingerprint density at radius 1 is 1.00 bits per heavy atom. The summed E-state index contributed by atoms with van der Waals surface area (Å²) in [5.74, 6) is 0.449. The van der Waals surface area contributed by atoms with Crippen LogP contribution in [0.2, 0.25) is 0 Å². The molecule has 1 heterocycles. The largest absolute Gasteiger partial charge is 0.497 e.